The molecule has 0 aliphatic heterocycles. The Balaban J connectivity index is 2.13. The van der Waals surface area contributed by atoms with Crippen LogP contribution in [0.1, 0.15) is 5.56 Å². The molecule has 1 aromatic carbocycles. The summed E-state index contributed by atoms with van der Waals surface area (Å²) in [6.07, 6.45) is 0. The average molecular weight is 348 g/mol. The Labute approximate surface area is 132 Å². The molecule has 0 unspecified atom stereocenters. The van der Waals surface area contributed by atoms with Crippen molar-refractivity contribution in [2.24, 2.45) is 0 Å². The van der Waals surface area contributed by atoms with Gasteiger partial charge in [0.25, 0.3) is 0 Å². The molecule has 0 saturated carbocycles. The molecule has 0 atom stereocenters. The predicted octanol–water partition coefficient (Wildman–Crippen LogP) is 2.90. The summed E-state index contributed by atoms with van der Waals surface area (Å²) >= 11 is 6.77. The molecule has 1 aromatic heterocycles. The summed E-state index contributed by atoms with van der Waals surface area (Å²) in [7, 11) is -0.491. The number of nitrogens with one attached hydrogen (secondary N) is 1. The van der Waals surface area contributed by atoms with E-state index < -0.39 is 10.0 Å². The van der Waals surface area contributed by atoms with Crippen LogP contribution in [0.4, 0.5) is 0 Å². The fourth-order valence-corrected chi connectivity index (χ4v) is 4.23. The summed E-state index contributed by atoms with van der Waals surface area (Å²) in [5, 5.41) is 0. The maximum atomic E-state index is 12.1. The largest absolute Gasteiger partial charge is 0.493 e. The van der Waals surface area contributed by atoms with Crippen molar-refractivity contribution >= 4 is 33.0 Å². The highest BCUT2D eigenvalue weighted by atomic mass is 35.5. The van der Waals surface area contributed by atoms with Crippen LogP contribution in [0, 0.1) is 0 Å². The first-order chi connectivity index (χ1) is 9.96. The highest BCUT2D eigenvalue weighted by molar-refractivity contribution is 7.91. The van der Waals surface area contributed by atoms with Crippen molar-refractivity contribution in [3.8, 4) is 11.5 Å². The van der Waals surface area contributed by atoms with Crippen LogP contribution in [-0.4, -0.2) is 22.6 Å². The van der Waals surface area contributed by atoms with Gasteiger partial charge in [-0.05, 0) is 29.8 Å². The van der Waals surface area contributed by atoms with Crippen molar-refractivity contribution in [2.45, 2.75) is 10.8 Å². The number of sulfonamides is 1. The first-order valence-electron chi connectivity index (χ1n) is 5.92. The Morgan fingerprint density at radius 2 is 1.86 bits per heavy atom. The van der Waals surface area contributed by atoms with Gasteiger partial charge < -0.3 is 9.47 Å². The second-order valence-corrected chi connectivity index (χ2v) is 7.78. The molecule has 114 valence electrons. The molecule has 0 amide bonds. The lowest BCUT2D eigenvalue weighted by Gasteiger charge is -2.10. The molecule has 5 nitrogen and oxygen atoms in total. The smallest absolute Gasteiger partial charge is 0.250 e. The number of methoxy groups -OCH3 is 2. The highest BCUT2D eigenvalue weighted by Gasteiger charge is 2.16. The number of hydrogen-bond acceptors (Lipinski definition) is 5. The average Bonchev–Trinajstić information content (AvgIpc) is 2.92. The minimum absolute atomic E-state index is 0.151. The van der Waals surface area contributed by atoms with Crippen LogP contribution >= 0.6 is 22.9 Å². The molecule has 0 fully saturated rings. The number of ether oxygens (including phenoxy) is 2. The maximum absolute atomic E-state index is 12.1. The van der Waals surface area contributed by atoms with Crippen LogP contribution < -0.4 is 14.2 Å². The minimum atomic E-state index is -3.56. The number of halogens is 1. The van der Waals surface area contributed by atoms with Gasteiger partial charge in [0.05, 0.1) is 18.6 Å². The molecule has 0 aliphatic carbocycles. The zero-order valence-corrected chi connectivity index (χ0v) is 13.8. The zero-order chi connectivity index (χ0) is 15.5. The molecule has 21 heavy (non-hydrogen) atoms. The van der Waals surface area contributed by atoms with Gasteiger partial charge in [-0.1, -0.05) is 17.7 Å². The zero-order valence-electron chi connectivity index (χ0n) is 11.4. The Morgan fingerprint density at radius 1 is 1.14 bits per heavy atom. The lowest BCUT2D eigenvalue weighted by molar-refractivity contribution is 0.354. The molecule has 0 spiro atoms. The van der Waals surface area contributed by atoms with Gasteiger partial charge in [-0.25, -0.2) is 13.1 Å². The molecular formula is C13H14ClNO4S2. The molecule has 0 radical (unpaired) electrons. The fourth-order valence-electron chi connectivity index (χ4n) is 1.68. The van der Waals surface area contributed by atoms with Gasteiger partial charge in [-0.15, -0.1) is 11.3 Å². The Kier molecular flexibility index (Phi) is 5.10. The van der Waals surface area contributed by atoms with Gasteiger partial charge in [0.2, 0.25) is 10.0 Å². The molecule has 2 aromatic rings. The van der Waals surface area contributed by atoms with Gasteiger partial charge in [0.1, 0.15) is 4.21 Å². The summed E-state index contributed by atoms with van der Waals surface area (Å²) in [6.45, 7) is 0.151. The molecule has 2 rings (SSSR count). The van der Waals surface area contributed by atoms with E-state index in [1.807, 2.05) is 0 Å². The van der Waals surface area contributed by atoms with Gasteiger partial charge in [0.15, 0.2) is 11.5 Å². The van der Waals surface area contributed by atoms with E-state index in [0.717, 1.165) is 16.9 Å². The normalized spacial score (nSPS) is 11.4. The van der Waals surface area contributed by atoms with Crippen molar-refractivity contribution in [1.82, 2.24) is 4.72 Å². The van der Waals surface area contributed by atoms with E-state index in [-0.39, 0.29) is 10.8 Å². The van der Waals surface area contributed by atoms with Gasteiger partial charge in [0, 0.05) is 6.54 Å². The summed E-state index contributed by atoms with van der Waals surface area (Å²) in [4.78, 5) is 0. The molecule has 0 aliphatic rings. The van der Waals surface area contributed by atoms with E-state index in [2.05, 4.69) is 4.72 Å². The van der Waals surface area contributed by atoms with Crippen LogP contribution in [-0.2, 0) is 16.6 Å². The van der Waals surface area contributed by atoms with Gasteiger partial charge in [-0.2, -0.15) is 0 Å². The quantitative estimate of drug-likeness (QED) is 0.872. The van der Waals surface area contributed by atoms with Crippen molar-refractivity contribution in [1.29, 1.82) is 0 Å². The van der Waals surface area contributed by atoms with Crippen molar-refractivity contribution in [3.63, 3.8) is 0 Å². The SMILES string of the molecule is COc1ccc(CNS(=O)(=O)c2ccc(Cl)s2)cc1OC. The van der Waals surface area contributed by atoms with Gasteiger partial charge >= 0.3 is 0 Å². The third kappa shape index (κ3) is 3.88. The number of rotatable bonds is 6. The van der Waals surface area contributed by atoms with Crippen LogP contribution in [0.15, 0.2) is 34.5 Å². The van der Waals surface area contributed by atoms with E-state index in [1.54, 1.807) is 31.4 Å². The molecule has 8 heteroatoms. The van der Waals surface area contributed by atoms with E-state index in [9.17, 15) is 8.42 Å². The van der Waals surface area contributed by atoms with E-state index in [1.165, 1.54) is 13.2 Å². The highest BCUT2D eigenvalue weighted by Crippen LogP contribution is 2.28. The Morgan fingerprint density at radius 3 is 2.43 bits per heavy atom. The first kappa shape index (κ1) is 16.1. The Bertz CT molecular complexity index is 728. The lowest BCUT2D eigenvalue weighted by Crippen LogP contribution is -2.22. The van der Waals surface area contributed by atoms with Crippen molar-refractivity contribution < 1.29 is 17.9 Å². The third-order valence-corrected chi connectivity index (χ3v) is 5.85. The standard InChI is InChI=1S/C13H14ClNO4S2/c1-18-10-4-3-9(7-11(10)19-2)8-15-21(16,17)13-6-5-12(14)20-13/h3-7,15H,8H2,1-2H3. The summed E-state index contributed by atoms with van der Waals surface area (Å²) in [5.41, 5.74) is 0.763. The van der Waals surface area contributed by atoms with Crippen LogP contribution in [0.5, 0.6) is 11.5 Å². The Hall–Kier alpha value is -1.28. The molecular weight excluding hydrogens is 334 g/mol. The topological polar surface area (TPSA) is 64.6 Å². The second-order valence-electron chi connectivity index (χ2n) is 4.07. The lowest BCUT2D eigenvalue weighted by atomic mass is 10.2. The van der Waals surface area contributed by atoms with E-state index in [0.29, 0.717) is 15.8 Å². The van der Waals surface area contributed by atoms with Crippen LogP contribution in [0.25, 0.3) is 0 Å². The minimum Gasteiger partial charge on any atom is -0.493 e. The maximum Gasteiger partial charge on any atom is 0.250 e. The first-order valence-corrected chi connectivity index (χ1v) is 8.60. The van der Waals surface area contributed by atoms with Crippen molar-refractivity contribution in [2.75, 3.05) is 14.2 Å². The van der Waals surface area contributed by atoms with E-state index >= 15 is 0 Å². The monoisotopic (exact) mass is 347 g/mol. The second kappa shape index (κ2) is 6.65. The third-order valence-electron chi connectivity index (χ3n) is 2.73. The van der Waals surface area contributed by atoms with Crippen LogP contribution in [0.3, 0.4) is 0 Å². The van der Waals surface area contributed by atoms with Gasteiger partial charge in [-0.3, -0.25) is 0 Å². The number of thiophene rings is 1. The number of hydrogen-bond donors (Lipinski definition) is 1. The summed E-state index contributed by atoms with van der Waals surface area (Å²) in [6, 6.07) is 8.25. The predicted molar refractivity (Wildman–Crippen MR) is 82.9 cm³/mol. The molecule has 0 bridgehead atoms. The van der Waals surface area contributed by atoms with E-state index in [4.69, 9.17) is 21.1 Å². The summed E-state index contributed by atoms with van der Waals surface area (Å²) < 4.78 is 37.6. The number of benzene rings is 1. The molecule has 0 saturated heterocycles. The summed E-state index contributed by atoms with van der Waals surface area (Å²) in [5.74, 6) is 1.14. The van der Waals surface area contributed by atoms with Crippen molar-refractivity contribution in [3.05, 3.63) is 40.2 Å². The fraction of sp³-hybridized carbons (Fsp3) is 0.231. The molecule has 1 heterocycles. The van der Waals surface area contributed by atoms with Crippen LogP contribution in [0.2, 0.25) is 4.34 Å². The molecule has 1 N–H and O–H groups in total.